The SMILES string of the molecule is Cc1cccc(C(=O)OCC(=O)c2cc(C)n(-c3ccccc3)c2C)c1[N+](=O)[O-]. The average molecular weight is 392 g/mol. The molecule has 1 heterocycles. The summed E-state index contributed by atoms with van der Waals surface area (Å²) < 4.78 is 7.04. The van der Waals surface area contributed by atoms with Gasteiger partial charge in [0.25, 0.3) is 5.69 Å². The van der Waals surface area contributed by atoms with Crippen LogP contribution in [0.5, 0.6) is 0 Å². The Kier molecular flexibility index (Phi) is 5.59. The zero-order chi connectivity index (χ0) is 21.1. The highest BCUT2D eigenvalue weighted by Crippen LogP contribution is 2.24. The normalized spacial score (nSPS) is 10.6. The smallest absolute Gasteiger partial charge is 0.345 e. The van der Waals surface area contributed by atoms with Crippen LogP contribution in [-0.2, 0) is 4.74 Å². The summed E-state index contributed by atoms with van der Waals surface area (Å²) in [6.07, 6.45) is 0. The number of Topliss-reactive ketones (excluding diaryl/α,β-unsaturated/α-hetero) is 1. The van der Waals surface area contributed by atoms with E-state index in [1.807, 2.05) is 48.7 Å². The van der Waals surface area contributed by atoms with E-state index < -0.39 is 17.5 Å². The largest absolute Gasteiger partial charge is 0.454 e. The Morgan fingerprint density at radius 1 is 1.00 bits per heavy atom. The standard InChI is InChI=1S/C22H20N2O5/c1-14-8-7-11-18(21(14)24(27)28)22(26)29-13-20(25)19-12-15(2)23(16(19)3)17-9-5-4-6-10-17/h4-12H,13H2,1-3H3. The van der Waals surface area contributed by atoms with Gasteiger partial charge in [-0.15, -0.1) is 0 Å². The zero-order valence-corrected chi connectivity index (χ0v) is 16.3. The van der Waals surface area contributed by atoms with Gasteiger partial charge in [-0.3, -0.25) is 14.9 Å². The molecule has 2 aromatic carbocycles. The maximum atomic E-state index is 12.7. The third-order valence-electron chi connectivity index (χ3n) is 4.72. The van der Waals surface area contributed by atoms with Gasteiger partial charge in [0, 0.05) is 28.2 Å². The van der Waals surface area contributed by atoms with E-state index in [2.05, 4.69) is 0 Å². The number of hydrogen-bond acceptors (Lipinski definition) is 5. The lowest BCUT2D eigenvalue weighted by atomic mass is 10.1. The molecule has 7 nitrogen and oxygen atoms in total. The topological polar surface area (TPSA) is 91.4 Å². The van der Waals surface area contributed by atoms with Gasteiger partial charge in [0.2, 0.25) is 5.78 Å². The molecule has 0 spiro atoms. The molecule has 3 aromatic rings. The predicted molar refractivity (Wildman–Crippen MR) is 108 cm³/mol. The van der Waals surface area contributed by atoms with Gasteiger partial charge in [-0.05, 0) is 45.0 Å². The van der Waals surface area contributed by atoms with Crippen molar-refractivity contribution in [3.8, 4) is 5.69 Å². The lowest BCUT2D eigenvalue weighted by Crippen LogP contribution is -2.16. The number of nitro groups is 1. The molecule has 0 saturated heterocycles. The van der Waals surface area contributed by atoms with Gasteiger partial charge >= 0.3 is 5.97 Å². The van der Waals surface area contributed by atoms with Gasteiger partial charge in [0.15, 0.2) is 6.61 Å². The minimum atomic E-state index is -0.898. The highest BCUT2D eigenvalue weighted by molar-refractivity contribution is 6.01. The maximum absolute atomic E-state index is 12.7. The lowest BCUT2D eigenvalue weighted by Gasteiger charge is -2.10. The van der Waals surface area contributed by atoms with E-state index >= 15 is 0 Å². The fourth-order valence-electron chi connectivity index (χ4n) is 3.37. The lowest BCUT2D eigenvalue weighted by molar-refractivity contribution is -0.385. The van der Waals surface area contributed by atoms with Crippen LogP contribution in [0.4, 0.5) is 5.69 Å². The zero-order valence-electron chi connectivity index (χ0n) is 16.3. The Labute approximate surface area is 167 Å². The summed E-state index contributed by atoms with van der Waals surface area (Å²) in [5.41, 5.74) is 2.84. The number of ketones is 1. The molecule has 29 heavy (non-hydrogen) atoms. The Balaban J connectivity index is 1.80. The number of benzene rings is 2. The Hall–Kier alpha value is -3.74. The molecule has 0 N–H and O–H groups in total. The minimum absolute atomic E-state index is 0.169. The first kappa shape index (κ1) is 20.0. The Bertz CT molecular complexity index is 1100. The van der Waals surface area contributed by atoms with Crippen molar-refractivity contribution >= 4 is 17.4 Å². The molecule has 0 radical (unpaired) electrons. The van der Waals surface area contributed by atoms with Gasteiger partial charge in [-0.2, -0.15) is 0 Å². The molecule has 148 valence electrons. The van der Waals surface area contributed by atoms with E-state index in [1.165, 1.54) is 12.1 Å². The second-order valence-electron chi connectivity index (χ2n) is 6.68. The summed E-state index contributed by atoms with van der Waals surface area (Å²) in [5, 5.41) is 11.3. The quantitative estimate of drug-likeness (QED) is 0.269. The summed E-state index contributed by atoms with van der Waals surface area (Å²) in [4.78, 5) is 35.6. The van der Waals surface area contributed by atoms with Gasteiger partial charge < -0.3 is 9.30 Å². The molecule has 7 heteroatoms. The number of aryl methyl sites for hydroxylation is 2. The van der Waals surface area contributed by atoms with Crippen molar-refractivity contribution in [1.29, 1.82) is 0 Å². The average Bonchev–Trinajstić information content (AvgIpc) is 3.00. The summed E-state index contributed by atoms with van der Waals surface area (Å²) in [5.74, 6) is -1.27. The highest BCUT2D eigenvalue weighted by atomic mass is 16.6. The number of para-hydroxylation sites is 2. The number of aromatic nitrogens is 1. The molecule has 3 rings (SSSR count). The van der Waals surface area contributed by atoms with Crippen molar-refractivity contribution in [2.75, 3.05) is 6.61 Å². The molecule has 0 saturated carbocycles. The van der Waals surface area contributed by atoms with Gasteiger partial charge in [0.1, 0.15) is 5.56 Å². The van der Waals surface area contributed by atoms with Crippen molar-refractivity contribution in [3.05, 3.63) is 92.8 Å². The Morgan fingerprint density at radius 3 is 2.34 bits per heavy atom. The second-order valence-corrected chi connectivity index (χ2v) is 6.68. The van der Waals surface area contributed by atoms with E-state index in [9.17, 15) is 19.7 Å². The first-order chi connectivity index (χ1) is 13.8. The van der Waals surface area contributed by atoms with Crippen LogP contribution in [-0.4, -0.2) is 27.8 Å². The van der Waals surface area contributed by atoms with Crippen LogP contribution in [0.2, 0.25) is 0 Å². The number of ether oxygens (including phenoxy) is 1. The molecule has 0 bridgehead atoms. The minimum Gasteiger partial charge on any atom is -0.454 e. The van der Waals surface area contributed by atoms with Crippen molar-refractivity contribution < 1.29 is 19.2 Å². The maximum Gasteiger partial charge on any atom is 0.345 e. The van der Waals surface area contributed by atoms with E-state index in [0.717, 1.165) is 17.1 Å². The van der Waals surface area contributed by atoms with Crippen LogP contribution in [0.15, 0.2) is 54.6 Å². The van der Waals surface area contributed by atoms with Gasteiger partial charge in [-0.25, -0.2) is 4.79 Å². The molecule has 0 amide bonds. The number of rotatable bonds is 6. The third-order valence-corrected chi connectivity index (χ3v) is 4.72. The number of esters is 1. The number of nitrogens with zero attached hydrogens (tertiary/aromatic N) is 2. The van der Waals surface area contributed by atoms with Crippen molar-refractivity contribution in [2.24, 2.45) is 0 Å². The summed E-state index contributed by atoms with van der Waals surface area (Å²) in [6.45, 7) is 4.75. The summed E-state index contributed by atoms with van der Waals surface area (Å²) >= 11 is 0. The molecule has 0 aliphatic carbocycles. The number of carbonyl (C=O) groups is 2. The fraction of sp³-hybridized carbons (Fsp3) is 0.182. The molecule has 0 fully saturated rings. The predicted octanol–water partition coefficient (Wildman–Crippen LogP) is 4.35. The third kappa shape index (κ3) is 3.94. The van der Waals surface area contributed by atoms with Crippen molar-refractivity contribution in [2.45, 2.75) is 20.8 Å². The Morgan fingerprint density at radius 2 is 1.69 bits per heavy atom. The fourth-order valence-corrected chi connectivity index (χ4v) is 3.37. The van der Waals surface area contributed by atoms with E-state index in [1.54, 1.807) is 19.1 Å². The van der Waals surface area contributed by atoms with Crippen LogP contribution in [0.25, 0.3) is 5.69 Å². The van der Waals surface area contributed by atoms with Crippen LogP contribution in [0, 0.1) is 30.9 Å². The molecule has 0 unspecified atom stereocenters. The molecule has 0 atom stereocenters. The summed E-state index contributed by atoms with van der Waals surface area (Å²) in [7, 11) is 0. The first-order valence-corrected chi connectivity index (χ1v) is 9.00. The van der Waals surface area contributed by atoms with Crippen LogP contribution < -0.4 is 0 Å². The summed E-state index contributed by atoms with van der Waals surface area (Å²) in [6, 6.07) is 15.7. The van der Waals surface area contributed by atoms with E-state index in [0.29, 0.717) is 11.1 Å². The number of nitro benzene ring substituents is 1. The number of carbonyl (C=O) groups excluding carboxylic acids is 2. The van der Waals surface area contributed by atoms with Crippen LogP contribution in [0.3, 0.4) is 0 Å². The van der Waals surface area contributed by atoms with E-state index in [4.69, 9.17) is 4.74 Å². The van der Waals surface area contributed by atoms with Crippen molar-refractivity contribution in [1.82, 2.24) is 4.57 Å². The van der Waals surface area contributed by atoms with Crippen LogP contribution in [0.1, 0.15) is 37.7 Å². The molecule has 1 aromatic heterocycles. The first-order valence-electron chi connectivity index (χ1n) is 9.00. The molecule has 0 aliphatic heterocycles. The molecular weight excluding hydrogens is 372 g/mol. The van der Waals surface area contributed by atoms with E-state index in [-0.39, 0.29) is 17.0 Å². The van der Waals surface area contributed by atoms with Gasteiger partial charge in [-0.1, -0.05) is 30.3 Å². The van der Waals surface area contributed by atoms with Gasteiger partial charge in [0.05, 0.1) is 4.92 Å². The monoisotopic (exact) mass is 392 g/mol. The van der Waals surface area contributed by atoms with Crippen LogP contribution >= 0.6 is 0 Å². The highest BCUT2D eigenvalue weighted by Gasteiger charge is 2.25. The number of hydrogen-bond donors (Lipinski definition) is 0. The molecule has 0 aliphatic rings. The molecular formula is C22H20N2O5. The van der Waals surface area contributed by atoms with Crippen molar-refractivity contribution in [3.63, 3.8) is 0 Å². The second kappa shape index (κ2) is 8.10.